The third kappa shape index (κ3) is 51.8. The van der Waals surface area contributed by atoms with Crippen molar-refractivity contribution < 1.29 is 37.3 Å². The number of phosphoric ester groups is 1. The number of nitrogens with one attached hydrogen (secondary N) is 1. The van der Waals surface area contributed by atoms with Crippen LogP contribution in [0.15, 0.2) is 97.2 Å². The molecular weight excluding hydrogens is 916 g/mol. The Balaban J connectivity index is 5.47. The molecule has 414 valence electrons. The van der Waals surface area contributed by atoms with E-state index in [0.29, 0.717) is 23.9 Å². The number of hydrogen-bond acceptors (Lipinski definition) is 7. The van der Waals surface area contributed by atoms with Gasteiger partial charge in [0, 0.05) is 12.8 Å². The average molecular weight is 1030 g/mol. The highest BCUT2D eigenvalue weighted by Gasteiger charge is 2.27. The maximum absolute atomic E-state index is 13.5. The van der Waals surface area contributed by atoms with E-state index >= 15 is 0 Å². The molecule has 10 heteroatoms. The first kappa shape index (κ1) is 68.9. The van der Waals surface area contributed by atoms with Gasteiger partial charge in [-0.25, -0.2) is 0 Å². The summed E-state index contributed by atoms with van der Waals surface area (Å²) in [7, 11) is 1.13. The van der Waals surface area contributed by atoms with Crippen LogP contribution in [-0.2, 0) is 27.9 Å². The molecule has 1 amide bonds. The van der Waals surface area contributed by atoms with Gasteiger partial charge in [0.15, 0.2) is 0 Å². The first-order valence-electron chi connectivity index (χ1n) is 29.0. The molecule has 0 heterocycles. The van der Waals surface area contributed by atoms with E-state index in [4.69, 9.17) is 13.8 Å². The molecule has 3 unspecified atom stereocenters. The minimum Gasteiger partial charge on any atom is -0.756 e. The van der Waals surface area contributed by atoms with Gasteiger partial charge in [0.05, 0.1) is 33.8 Å². The summed E-state index contributed by atoms with van der Waals surface area (Å²) in [5, 5.41) is 3.00. The number of carbonyl (C=O) groups excluding carboxylic acids is 2. The molecule has 9 nitrogen and oxygen atoms in total. The van der Waals surface area contributed by atoms with Crippen molar-refractivity contribution in [2.24, 2.45) is 0 Å². The molecule has 0 aromatic rings. The third-order valence-corrected chi connectivity index (χ3v) is 13.2. The summed E-state index contributed by atoms with van der Waals surface area (Å²) in [5.74, 6) is -0.649. The fraction of sp³-hybridized carbons (Fsp3) is 0.710. The van der Waals surface area contributed by atoms with Gasteiger partial charge in [-0.1, -0.05) is 221 Å². The highest BCUT2D eigenvalue weighted by atomic mass is 31.2. The Morgan fingerprint density at radius 3 is 1.38 bits per heavy atom. The molecule has 1 N–H and O–H groups in total. The smallest absolute Gasteiger partial charge is 0.306 e. The van der Waals surface area contributed by atoms with Gasteiger partial charge >= 0.3 is 5.97 Å². The second kappa shape index (κ2) is 51.4. The second-order valence-corrected chi connectivity index (χ2v) is 21.8. The maximum Gasteiger partial charge on any atom is 0.306 e. The number of carbonyl (C=O) groups is 2. The van der Waals surface area contributed by atoms with Crippen LogP contribution in [0.4, 0.5) is 0 Å². The van der Waals surface area contributed by atoms with Crippen LogP contribution in [0.1, 0.15) is 233 Å². The van der Waals surface area contributed by atoms with E-state index in [2.05, 4.69) is 99.0 Å². The van der Waals surface area contributed by atoms with Gasteiger partial charge in [-0.3, -0.25) is 14.2 Å². The molecule has 72 heavy (non-hydrogen) atoms. The molecule has 0 saturated carbocycles. The van der Waals surface area contributed by atoms with Crippen molar-refractivity contribution in [1.29, 1.82) is 0 Å². The Bertz CT molecular complexity index is 1560. The summed E-state index contributed by atoms with van der Waals surface area (Å²) in [4.78, 5) is 39.8. The lowest BCUT2D eigenvalue weighted by molar-refractivity contribution is -0.870. The predicted molar refractivity (Wildman–Crippen MR) is 307 cm³/mol. The first-order chi connectivity index (χ1) is 34.9. The topological polar surface area (TPSA) is 114 Å². The number of hydrogen-bond donors (Lipinski definition) is 1. The largest absolute Gasteiger partial charge is 0.756 e. The SMILES string of the molecule is CC/C=C\C/C=C\C/C=C\C/C=C\C/C=C\C/C=C\CCC(=O)OC(/C=C/CCCCCCCCCCCC)C(COP(=O)([O-])OCC[N+](C)(C)C)NC(=O)CCCCCCCCC/C=C\CCCCCC. The lowest BCUT2D eigenvalue weighted by Gasteiger charge is -2.30. The lowest BCUT2D eigenvalue weighted by Crippen LogP contribution is -2.47. The number of likely N-dealkylation sites (N-methyl/N-ethyl adjacent to an activating group) is 1. The molecule has 0 radical (unpaired) electrons. The number of ether oxygens (including phenoxy) is 1. The molecule has 0 rings (SSSR count). The quantitative estimate of drug-likeness (QED) is 0.0212. The monoisotopic (exact) mass is 1020 g/mol. The van der Waals surface area contributed by atoms with Gasteiger partial charge in [-0.15, -0.1) is 0 Å². The maximum atomic E-state index is 13.5. The number of esters is 1. The number of unbranched alkanes of at least 4 members (excludes halogenated alkanes) is 21. The minimum atomic E-state index is -4.72. The molecule has 0 aromatic heterocycles. The van der Waals surface area contributed by atoms with Crippen LogP contribution < -0.4 is 10.2 Å². The zero-order chi connectivity index (χ0) is 52.9. The van der Waals surface area contributed by atoms with Crippen molar-refractivity contribution in [2.75, 3.05) is 40.9 Å². The molecule has 0 aliphatic heterocycles. The van der Waals surface area contributed by atoms with Crippen LogP contribution in [0.2, 0.25) is 0 Å². The zero-order valence-electron chi connectivity index (χ0n) is 47.1. The Morgan fingerprint density at radius 1 is 0.500 bits per heavy atom. The second-order valence-electron chi connectivity index (χ2n) is 20.4. The van der Waals surface area contributed by atoms with Crippen molar-refractivity contribution in [3.63, 3.8) is 0 Å². The van der Waals surface area contributed by atoms with Gasteiger partial charge in [0.1, 0.15) is 19.3 Å². The highest BCUT2D eigenvalue weighted by Crippen LogP contribution is 2.38. The molecular formula is C62H109N2O7P. The molecule has 0 aliphatic rings. The van der Waals surface area contributed by atoms with Crippen molar-refractivity contribution in [2.45, 2.75) is 245 Å². The molecule has 0 aliphatic carbocycles. The summed E-state index contributed by atoms with van der Waals surface area (Å²) in [6.07, 6.45) is 68.1. The van der Waals surface area contributed by atoms with Gasteiger partial charge in [-0.05, 0) is 96.0 Å². The van der Waals surface area contributed by atoms with Crippen LogP contribution >= 0.6 is 7.82 Å². The fourth-order valence-electron chi connectivity index (χ4n) is 7.78. The lowest BCUT2D eigenvalue weighted by atomic mass is 10.0. The number of rotatable bonds is 51. The fourth-order valence-corrected chi connectivity index (χ4v) is 8.50. The van der Waals surface area contributed by atoms with Gasteiger partial charge in [0.2, 0.25) is 5.91 Å². The molecule has 0 aromatic carbocycles. The van der Waals surface area contributed by atoms with Crippen LogP contribution in [-0.4, -0.2) is 69.4 Å². The standard InChI is InChI=1S/C62H109N2O7P/c1-7-10-13-16-19-22-25-28-30-31-32-33-35-37-40-43-46-49-52-55-62(66)71-60(53-50-47-44-41-38-27-24-21-18-15-12-9-3)59(58-70-72(67,68)69-57-56-64(4,5)6)63-61(65)54-51-48-45-42-39-36-34-29-26-23-20-17-14-11-8-2/h10,13,19,22-23,26,28,30,32-33,37,40,46,49-50,53,59-60H,7-9,11-12,14-18,20-21,24-25,27,29,31,34-36,38-39,41-45,47-48,51-52,54-58H2,1-6H3,(H-,63,65,67,68)/b13-10-,22-19-,26-23-,30-28-,33-32-,40-37-,49-46-,53-50+. The van der Waals surface area contributed by atoms with E-state index in [9.17, 15) is 19.0 Å². The van der Waals surface area contributed by atoms with Gasteiger partial charge in [-0.2, -0.15) is 0 Å². The van der Waals surface area contributed by atoms with E-state index in [1.807, 2.05) is 39.4 Å². The zero-order valence-corrected chi connectivity index (χ0v) is 48.0. The summed E-state index contributed by atoms with van der Waals surface area (Å²) >= 11 is 0. The number of phosphoric acid groups is 1. The van der Waals surface area contributed by atoms with Gasteiger partial charge < -0.3 is 28.5 Å². The molecule has 0 spiro atoms. The Morgan fingerprint density at radius 2 is 0.903 bits per heavy atom. The predicted octanol–water partition coefficient (Wildman–Crippen LogP) is 17.0. The number of quaternary nitrogens is 1. The normalized spacial score (nSPS) is 14.5. The number of nitrogens with zero attached hydrogens (tertiary/aromatic N) is 1. The van der Waals surface area contributed by atoms with Crippen molar-refractivity contribution >= 4 is 19.7 Å². The molecule has 0 fully saturated rings. The minimum absolute atomic E-state index is 0.0384. The summed E-state index contributed by atoms with van der Waals surface area (Å²) in [6.45, 7) is 6.65. The Labute approximate surface area is 443 Å². The highest BCUT2D eigenvalue weighted by molar-refractivity contribution is 7.45. The van der Waals surface area contributed by atoms with E-state index in [-0.39, 0.29) is 18.9 Å². The summed E-state index contributed by atoms with van der Waals surface area (Å²) < 4.78 is 30.2. The molecule has 3 atom stereocenters. The van der Waals surface area contributed by atoms with E-state index in [1.165, 1.54) is 103 Å². The van der Waals surface area contributed by atoms with Gasteiger partial charge in [0.25, 0.3) is 7.82 Å². The van der Waals surface area contributed by atoms with Crippen LogP contribution in [0.3, 0.4) is 0 Å². The van der Waals surface area contributed by atoms with Crippen LogP contribution in [0, 0.1) is 0 Å². The van der Waals surface area contributed by atoms with E-state index < -0.39 is 32.5 Å². The Kier molecular flexibility index (Phi) is 49.2. The number of allylic oxidation sites excluding steroid dienone is 15. The van der Waals surface area contributed by atoms with E-state index in [1.54, 1.807) is 6.08 Å². The van der Waals surface area contributed by atoms with Crippen LogP contribution in [0.25, 0.3) is 0 Å². The number of amides is 1. The summed E-state index contributed by atoms with van der Waals surface area (Å²) in [6, 6.07) is -0.925. The summed E-state index contributed by atoms with van der Waals surface area (Å²) in [5.41, 5.74) is 0. The third-order valence-electron chi connectivity index (χ3n) is 12.3. The molecule has 0 bridgehead atoms. The van der Waals surface area contributed by atoms with Crippen LogP contribution in [0.5, 0.6) is 0 Å². The first-order valence-corrected chi connectivity index (χ1v) is 30.5. The average Bonchev–Trinajstić information content (AvgIpc) is 3.34. The molecule has 0 saturated heterocycles. The van der Waals surface area contributed by atoms with Crippen molar-refractivity contribution in [3.05, 3.63) is 97.2 Å². The Hall–Kier alpha value is -3.07. The van der Waals surface area contributed by atoms with Crippen molar-refractivity contribution in [1.82, 2.24) is 5.32 Å². The van der Waals surface area contributed by atoms with E-state index in [0.717, 1.165) is 89.9 Å². The van der Waals surface area contributed by atoms with Crippen molar-refractivity contribution in [3.8, 4) is 0 Å².